The van der Waals surface area contributed by atoms with Crippen molar-refractivity contribution in [3.63, 3.8) is 0 Å². The van der Waals surface area contributed by atoms with Crippen molar-refractivity contribution in [2.75, 3.05) is 25.0 Å². The Morgan fingerprint density at radius 1 is 1.00 bits per heavy atom. The van der Waals surface area contributed by atoms with Crippen LogP contribution < -0.4 is 10.2 Å². The Labute approximate surface area is 162 Å². The van der Waals surface area contributed by atoms with Crippen LogP contribution in [0.5, 0.6) is 0 Å². The number of benzene rings is 2. The Balaban J connectivity index is 1.71. The Morgan fingerprint density at radius 2 is 1.64 bits per heavy atom. The highest BCUT2D eigenvalue weighted by molar-refractivity contribution is 7.91. The molecule has 2 atom stereocenters. The van der Waals surface area contributed by atoms with Gasteiger partial charge in [0, 0.05) is 24.7 Å². The van der Waals surface area contributed by atoms with Gasteiger partial charge in [-0.2, -0.15) is 13.2 Å². The molecule has 1 N–H and O–H groups in total. The number of likely N-dealkylation sites (N-methyl/N-ethyl adjacent to an activating group) is 1. The fraction of sp³-hybridized carbons (Fsp3) is 0.400. The zero-order chi connectivity index (χ0) is 20.1. The molecule has 4 nitrogen and oxygen atoms in total. The maximum absolute atomic E-state index is 13.0. The van der Waals surface area contributed by atoms with Crippen LogP contribution in [0.15, 0.2) is 52.3 Å². The molecule has 2 aliphatic heterocycles. The first-order valence-corrected chi connectivity index (χ1v) is 10.7. The van der Waals surface area contributed by atoms with Gasteiger partial charge in [-0.15, -0.1) is 0 Å². The van der Waals surface area contributed by atoms with Crippen LogP contribution in [0.4, 0.5) is 18.9 Å². The molecule has 0 aliphatic carbocycles. The summed E-state index contributed by atoms with van der Waals surface area (Å²) in [5.41, 5.74) is 1.17. The number of sulfone groups is 1. The van der Waals surface area contributed by atoms with Crippen LogP contribution in [0.2, 0.25) is 0 Å². The van der Waals surface area contributed by atoms with E-state index in [2.05, 4.69) is 10.2 Å². The summed E-state index contributed by atoms with van der Waals surface area (Å²) >= 11 is 0. The van der Waals surface area contributed by atoms with E-state index in [9.17, 15) is 21.6 Å². The molecule has 2 heterocycles. The van der Waals surface area contributed by atoms with E-state index in [0.29, 0.717) is 6.04 Å². The number of nitrogens with one attached hydrogen (secondary N) is 1. The van der Waals surface area contributed by atoms with Gasteiger partial charge in [-0.25, -0.2) is 8.42 Å². The molecule has 4 rings (SSSR count). The average Bonchev–Trinajstić information content (AvgIpc) is 2.82. The first-order chi connectivity index (χ1) is 13.2. The van der Waals surface area contributed by atoms with E-state index in [1.807, 2.05) is 13.1 Å². The van der Waals surface area contributed by atoms with Gasteiger partial charge in [0.25, 0.3) is 0 Å². The molecule has 0 radical (unpaired) electrons. The van der Waals surface area contributed by atoms with Gasteiger partial charge in [-0.3, -0.25) is 0 Å². The second-order valence-electron chi connectivity index (χ2n) is 7.36. The van der Waals surface area contributed by atoms with Crippen molar-refractivity contribution in [1.29, 1.82) is 0 Å². The highest BCUT2D eigenvalue weighted by Gasteiger charge is 2.38. The number of rotatable bonds is 2. The predicted molar refractivity (Wildman–Crippen MR) is 100 cm³/mol. The molecule has 1 fully saturated rings. The number of halogens is 3. The van der Waals surface area contributed by atoms with Crippen LogP contribution in [-0.4, -0.2) is 34.6 Å². The Hall–Kier alpha value is -2.06. The van der Waals surface area contributed by atoms with Crippen molar-refractivity contribution >= 4 is 15.5 Å². The molecule has 1 saturated heterocycles. The fourth-order valence-corrected chi connectivity index (χ4v) is 5.60. The number of alkyl halides is 3. The second-order valence-corrected chi connectivity index (χ2v) is 9.31. The number of hydrogen-bond acceptors (Lipinski definition) is 4. The van der Waals surface area contributed by atoms with Gasteiger partial charge in [-0.05, 0) is 74.0 Å². The van der Waals surface area contributed by atoms with Crippen molar-refractivity contribution < 1.29 is 21.6 Å². The van der Waals surface area contributed by atoms with Gasteiger partial charge in [0.05, 0.1) is 15.4 Å². The summed E-state index contributed by atoms with van der Waals surface area (Å²) in [5.74, 6) is 0.248. The lowest BCUT2D eigenvalue weighted by atomic mass is 9.91. The molecule has 150 valence electrons. The van der Waals surface area contributed by atoms with Gasteiger partial charge < -0.3 is 10.2 Å². The van der Waals surface area contributed by atoms with Gasteiger partial charge in [0.2, 0.25) is 9.84 Å². The highest BCUT2D eigenvalue weighted by atomic mass is 32.2. The zero-order valence-electron chi connectivity index (χ0n) is 15.3. The SMILES string of the molecule is CN1c2ccc(S(=O)(=O)c3ccc(C(F)(F)F)cc3)cc2[C@H]2CCNCC[C@H]21. The van der Waals surface area contributed by atoms with Crippen molar-refractivity contribution in [3.8, 4) is 0 Å². The summed E-state index contributed by atoms with van der Waals surface area (Å²) in [7, 11) is -1.86. The molecule has 2 aliphatic rings. The molecular formula is C20H21F3N2O2S. The summed E-state index contributed by atoms with van der Waals surface area (Å²) in [5, 5.41) is 3.38. The molecule has 28 heavy (non-hydrogen) atoms. The molecule has 2 aromatic carbocycles. The van der Waals surface area contributed by atoms with Crippen molar-refractivity contribution in [1.82, 2.24) is 5.32 Å². The first-order valence-electron chi connectivity index (χ1n) is 9.19. The van der Waals surface area contributed by atoms with Crippen LogP contribution in [-0.2, 0) is 16.0 Å². The molecule has 8 heteroatoms. The summed E-state index contributed by atoms with van der Waals surface area (Å²) in [6, 6.07) is 9.05. The molecule has 0 spiro atoms. The molecule has 0 amide bonds. The number of nitrogens with zero attached hydrogens (tertiary/aromatic N) is 1. The standard InChI is InChI=1S/C20H21F3N2O2S/c1-25-18-7-6-15(12-17(18)16-8-10-24-11-9-19(16)25)28(26,27)14-4-2-13(3-5-14)20(21,22)23/h2-7,12,16,19,24H,8-11H2,1H3/t16-,19-/m1/s1. The largest absolute Gasteiger partial charge is 0.416 e. The predicted octanol–water partition coefficient (Wildman–Crippen LogP) is 3.82. The van der Waals surface area contributed by atoms with Crippen LogP contribution in [0, 0.1) is 0 Å². The first kappa shape index (κ1) is 19.3. The van der Waals surface area contributed by atoms with Crippen molar-refractivity contribution in [3.05, 3.63) is 53.6 Å². The third-order valence-electron chi connectivity index (χ3n) is 5.79. The minimum absolute atomic E-state index is 0.122. The Bertz CT molecular complexity index is 988. The van der Waals surface area contributed by atoms with Gasteiger partial charge in [0.1, 0.15) is 0 Å². The highest BCUT2D eigenvalue weighted by Crippen LogP contribution is 2.45. The second kappa shape index (κ2) is 6.77. The van der Waals surface area contributed by atoms with Gasteiger partial charge in [-0.1, -0.05) is 0 Å². The smallest absolute Gasteiger partial charge is 0.371 e. The third kappa shape index (κ3) is 3.18. The van der Waals surface area contributed by atoms with E-state index in [4.69, 9.17) is 0 Å². The Kier molecular flexibility index (Phi) is 4.66. The van der Waals surface area contributed by atoms with E-state index in [-0.39, 0.29) is 15.7 Å². The van der Waals surface area contributed by atoms with E-state index < -0.39 is 21.6 Å². The number of fused-ring (bicyclic) bond motifs is 3. The summed E-state index contributed by atoms with van der Waals surface area (Å²) in [6.07, 6.45) is -2.59. The number of hydrogen-bond donors (Lipinski definition) is 1. The molecular weight excluding hydrogens is 389 g/mol. The topological polar surface area (TPSA) is 49.4 Å². The summed E-state index contributed by atoms with van der Waals surface area (Å²) in [6.45, 7) is 1.81. The lowest BCUT2D eigenvalue weighted by Crippen LogP contribution is -2.30. The maximum Gasteiger partial charge on any atom is 0.416 e. The van der Waals surface area contributed by atoms with E-state index >= 15 is 0 Å². The van der Waals surface area contributed by atoms with Crippen molar-refractivity contribution in [2.24, 2.45) is 0 Å². The van der Waals surface area contributed by atoms with Crippen LogP contribution in [0.25, 0.3) is 0 Å². The van der Waals surface area contributed by atoms with Crippen LogP contribution >= 0.6 is 0 Å². The molecule has 0 aromatic heterocycles. The fourth-order valence-electron chi connectivity index (χ4n) is 4.31. The van der Waals surface area contributed by atoms with Gasteiger partial charge in [0.15, 0.2) is 0 Å². The minimum Gasteiger partial charge on any atom is -0.371 e. The third-order valence-corrected chi connectivity index (χ3v) is 7.56. The normalized spacial score (nSPS) is 22.5. The minimum atomic E-state index is -4.50. The monoisotopic (exact) mass is 410 g/mol. The molecule has 0 unspecified atom stereocenters. The quantitative estimate of drug-likeness (QED) is 0.818. The van der Waals surface area contributed by atoms with Crippen LogP contribution in [0.3, 0.4) is 0 Å². The lowest BCUT2D eigenvalue weighted by Gasteiger charge is -2.24. The average molecular weight is 410 g/mol. The van der Waals surface area contributed by atoms with E-state index in [1.54, 1.807) is 12.1 Å². The molecule has 2 aromatic rings. The number of anilines is 1. The maximum atomic E-state index is 13.0. The molecule has 0 bridgehead atoms. The van der Waals surface area contributed by atoms with E-state index in [0.717, 1.165) is 61.4 Å². The van der Waals surface area contributed by atoms with Crippen molar-refractivity contribution in [2.45, 2.75) is 40.8 Å². The van der Waals surface area contributed by atoms with Crippen LogP contribution in [0.1, 0.15) is 29.9 Å². The zero-order valence-corrected chi connectivity index (χ0v) is 16.1. The lowest BCUT2D eigenvalue weighted by molar-refractivity contribution is -0.137. The summed E-state index contributed by atoms with van der Waals surface area (Å²) < 4.78 is 64.3. The molecule has 0 saturated carbocycles. The van der Waals surface area contributed by atoms with E-state index in [1.165, 1.54) is 0 Å². The van der Waals surface area contributed by atoms with Gasteiger partial charge >= 0.3 is 6.18 Å². The Morgan fingerprint density at radius 3 is 2.32 bits per heavy atom. The summed E-state index contributed by atoms with van der Waals surface area (Å²) in [4.78, 5) is 2.20.